The Bertz CT molecular complexity index is 690. The van der Waals surface area contributed by atoms with E-state index in [1.807, 2.05) is 0 Å². The van der Waals surface area contributed by atoms with Gasteiger partial charge in [-0.15, -0.1) is 0 Å². The summed E-state index contributed by atoms with van der Waals surface area (Å²) in [4.78, 5) is 14.9. The molecular formula is C42H84N3O+. The molecule has 1 rings (SSSR count). The number of carbonyl (C=O) groups excluding carboxylic acids is 1. The Morgan fingerprint density at radius 2 is 0.913 bits per heavy atom. The quantitative estimate of drug-likeness (QED) is 0.0543. The fourth-order valence-electron chi connectivity index (χ4n) is 7.26. The number of hydrogen-bond acceptors (Lipinski definition) is 2. The van der Waals surface area contributed by atoms with Crippen LogP contribution in [0.2, 0.25) is 0 Å². The van der Waals surface area contributed by atoms with E-state index in [0.29, 0.717) is 6.42 Å². The summed E-state index contributed by atoms with van der Waals surface area (Å²) in [6.07, 6.45) is 44.9. The van der Waals surface area contributed by atoms with Gasteiger partial charge in [-0.3, -0.25) is 14.3 Å². The first kappa shape index (κ1) is 43.0. The van der Waals surface area contributed by atoms with Gasteiger partial charge in [0.1, 0.15) is 13.1 Å². The van der Waals surface area contributed by atoms with Gasteiger partial charge in [0.2, 0.25) is 11.7 Å². The van der Waals surface area contributed by atoms with Gasteiger partial charge in [0, 0.05) is 25.8 Å². The van der Waals surface area contributed by atoms with Crippen LogP contribution >= 0.6 is 0 Å². The highest BCUT2D eigenvalue weighted by molar-refractivity contribution is 5.78. The lowest BCUT2D eigenvalue weighted by Crippen LogP contribution is -2.33. The third kappa shape index (κ3) is 26.9. The van der Waals surface area contributed by atoms with Crippen LogP contribution in [0, 0.1) is 0 Å². The highest BCUT2D eigenvalue weighted by Crippen LogP contribution is 2.16. The van der Waals surface area contributed by atoms with Crippen molar-refractivity contribution in [1.82, 2.24) is 10.2 Å². The van der Waals surface area contributed by atoms with Gasteiger partial charge in [-0.05, 0) is 12.8 Å². The van der Waals surface area contributed by atoms with Crippen molar-refractivity contribution >= 4 is 11.7 Å². The summed E-state index contributed by atoms with van der Waals surface area (Å²) in [5.41, 5.74) is 0. The van der Waals surface area contributed by atoms with Gasteiger partial charge in [0.25, 0.3) is 0 Å². The number of amidine groups is 1. The molecule has 1 heterocycles. The highest BCUT2D eigenvalue weighted by Gasteiger charge is 2.27. The zero-order chi connectivity index (χ0) is 33.2. The van der Waals surface area contributed by atoms with Crippen molar-refractivity contribution in [3.8, 4) is 0 Å². The van der Waals surface area contributed by atoms with Crippen molar-refractivity contribution in [2.75, 3.05) is 33.2 Å². The Balaban J connectivity index is 1.89. The molecule has 0 aromatic carbocycles. The molecule has 0 bridgehead atoms. The standard InChI is InChI=1S/C42H83N3O/c1-4-6-8-10-12-14-16-18-20-22-24-26-28-30-32-35-41(46)43-37-34-38-45-40-39-44(3)42(45)36-33-31-29-27-25-23-21-19-17-15-13-11-9-7-5-2/h4-40H2,1-3H3/p+1. The van der Waals surface area contributed by atoms with Gasteiger partial charge >= 0.3 is 0 Å². The predicted octanol–water partition coefficient (Wildman–Crippen LogP) is 12.4. The first-order valence-electron chi connectivity index (χ1n) is 21.3. The molecule has 272 valence electrons. The molecule has 0 spiro atoms. The van der Waals surface area contributed by atoms with E-state index < -0.39 is 0 Å². The molecule has 4 nitrogen and oxygen atoms in total. The second-order valence-corrected chi connectivity index (χ2v) is 14.9. The van der Waals surface area contributed by atoms with Gasteiger partial charge in [0.05, 0.1) is 13.6 Å². The van der Waals surface area contributed by atoms with Crippen LogP contribution in [0.3, 0.4) is 0 Å². The van der Waals surface area contributed by atoms with Crippen LogP contribution in [0.25, 0.3) is 0 Å². The molecule has 1 amide bonds. The number of rotatable bonds is 36. The maximum absolute atomic E-state index is 12.3. The Kier molecular flexibility index (Phi) is 31.6. The van der Waals surface area contributed by atoms with Gasteiger partial charge in [-0.2, -0.15) is 0 Å². The summed E-state index contributed by atoms with van der Waals surface area (Å²) < 4.78 is 2.47. The molecule has 0 aromatic heterocycles. The van der Waals surface area contributed by atoms with Gasteiger partial charge in [-0.25, -0.2) is 0 Å². The summed E-state index contributed by atoms with van der Waals surface area (Å²) in [5, 5.41) is 3.19. The van der Waals surface area contributed by atoms with E-state index in [1.54, 1.807) is 5.84 Å². The summed E-state index contributed by atoms with van der Waals surface area (Å²) in [7, 11) is 2.26. The van der Waals surface area contributed by atoms with E-state index in [1.165, 1.54) is 193 Å². The summed E-state index contributed by atoms with van der Waals surface area (Å²) in [6, 6.07) is 0. The Morgan fingerprint density at radius 3 is 1.33 bits per heavy atom. The smallest absolute Gasteiger partial charge is 0.246 e. The Labute approximate surface area is 289 Å². The minimum atomic E-state index is 0.259. The predicted molar refractivity (Wildman–Crippen MR) is 204 cm³/mol. The largest absolute Gasteiger partial charge is 0.356 e. The van der Waals surface area contributed by atoms with E-state index in [-0.39, 0.29) is 5.91 Å². The van der Waals surface area contributed by atoms with Crippen molar-refractivity contribution in [3.05, 3.63) is 0 Å². The van der Waals surface area contributed by atoms with Crippen molar-refractivity contribution in [1.29, 1.82) is 0 Å². The molecule has 0 fully saturated rings. The van der Waals surface area contributed by atoms with E-state index in [4.69, 9.17) is 0 Å². The minimum Gasteiger partial charge on any atom is -0.356 e. The van der Waals surface area contributed by atoms with E-state index >= 15 is 0 Å². The zero-order valence-electron chi connectivity index (χ0n) is 32.0. The molecule has 46 heavy (non-hydrogen) atoms. The molecule has 0 aliphatic carbocycles. The SMILES string of the molecule is CCCCCCCCCCCCCCCCCC(=O)NCCCN1CC[N+](C)=C1CCCCCCCCCCCCCCCCC. The van der Waals surface area contributed by atoms with Crippen LogP contribution in [0.1, 0.15) is 226 Å². The average molecular weight is 647 g/mol. The normalized spacial score (nSPS) is 13.3. The lowest BCUT2D eigenvalue weighted by Gasteiger charge is -2.14. The number of hydrogen-bond donors (Lipinski definition) is 1. The number of amides is 1. The molecule has 1 aliphatic rings. The van der Waals surface area contributed by atoms with E-state index in [0.717, 1.165) is 39.0 Å². The maximum Gasteiger partial charge on any atom is 0.246 e. The summed E-state index contributed by atoms with van der Waals surface area (Å²) in [5.74, 6) is 1.80. The van der Waals surface area contributed by atoms with E-state index in [2.05, 4.69) is 35.7 Å². The van der Waals surface area contributed by atoms with E-state index in [9.17, 15) is 4.79 Å². The van der Waals surface area contributed by atoms with Crippen molar-refractivity contribution in [2.24, 2.45) is 0 Å². The topological polar surface area (TPSA) is 35.4 Å². The van der Waals surface area contributed by atoms with Crippen LogP contribution in [-0.4, -0.2) is 54.4 Å². The first-order valence-corrected chi connectivity index (χ1v) is 21.3. The van der Waals surface area contributed by atoms with Crippen LogP contribution in [-0.2, 0) is 4.79 Å². The molecule has 4 heteroatoms. The lowest BCUT2D eigenvalue weighted by atomic mass is 10.0. The molecule has 0 atom stereocenters. The van der Waals surface area contributed by atoms with Crippen molar-refractivity contribution < 1.29 is 9.37 Å². The van der Waals surface area contributed by atoms with Crippen molar-refractivity contribution in [2.45, 2.75) is 226 Å². The molecule has 0 unspecified atom stereocenters. The Morgan fingerprint density at radius 1 is 0.543 bits per heavy atom. The second-order valence-electron chi connectivity index (χ2n) is 14.9. The molecular weight excluding hydrogens is 562 g/mol. The third-order valence-electron chi connectivity index (χ3n) is 10.4. The molecule has 0 aromatic rings. The molecule has 1 aliphatic heterocycles. The molecule has 0 radical (unpaired) electrons. The van der Waals surface area contributed by atoms with Gasteiger partial charge in [0.15, 0.2) is 0 Å². The molecule has 1 N–H and O–H groups in total. The zero-order valence-corrected chi connectivity index (χ0v) is 32.0. The van der Waals surface area contributed by atoms with Crippen LogP contribution in [0.5, 0.6) is 0 Å². The van der Waals surface area contributed by atoms with Gasteiger partial charge < -0.3 is 5.32 Å². The highest BCUT2D eigenvalue weighted by atomic mass is 16.1. The summed E-state index contributed by atoms with van der Waals surface area (Å²) >= 11 is 0. The second kappa shape index (κ2) is 33.8. The number of nitrogens with one attached hydrogen (secondary N) is 1. The molecule has 0 saturated carbocycles. The van der Waals surface area contributed by atoms with Gasteiger partial charge in [-0.1, -0.05) is 194 Å². The average Bonchev–Trinajstić information content (AvgIpc) is 3.41. The fraction of sp³-hybridized carbons (Fsp3) is 0.952. The fourth-order valence-corrected chi connectivity index (χ4v) is 7.26. The third-order valence-corrected chi connectivity index (χ3v) is 10.4. The number of carbonyl (C=O) groups is 1. The van der Waals surface area contributed by atoms with Crippen LogP contribution in [0.4, 0.5) is 0 Å². The number of nitrogens with zero attached hydrogens (tertiary/aromatic N) is 2. The first-order chi connectivity index (χ1) is 22.7. The monoisotopic (exact) mass is 647 g/mol. The lowest BCUT2D eigenvalue weighted by molar-refractivity contribution is -0.487. The maximum atomic E-state index is 12.3. The summed E-state index contributed by atoms with van der Waals surface area (Å²) in [6.45, 7) is 8.80. The Hall–Kier alpha value is -1.06. The molecule has 0 saturated heterocycles. The number of likely N-dealkylation sites (N-methyl/N-ethyl adjacent to an activating group) is 1. The van der Waals surface area contributed by atoms with Crippen LogP contribution in [0.15, 0.2) is 0 Å². The van der Waals surface area contributed by atoms with Crippen molar-refractivity contribution in [3.63, 3.8) is 0 Å². The van der Waals surface area contributed by atoms with Crippen LogP contribution < -0.4 is 5.32 Å². The number of unbranched alkanes of at least 4 members (excludes halogenated alkanes) is 28. The minimum absolute atomic E-state index is 0.259.